The zero-order valence-electron chi connectivity index (χ0n) is 8.47. The molecule has 0 bridgehead atoms. The molecule has 1 N–H and O–H groups in total. The van der Waals surface area contributed by atoms with Gasteiger partial charge in [0.1, 0.15) is 0 Å². The highest BCUT2D eigenvalue weighted by atomic mass is 16.3. The van der Waals surface area contributed by atoms with Crippen molar-refractivity contribution in [1.29, 1.82) is 0 Å². The predicted molar refractivity (Wildman–Crippen MR) is 53.7 cm³/mol. The van der Waals surface area contributed by atoms with Crippen molar-refractivity contribution < 1.29 is 5.11 Å². The maximum Gasteiger partial charge on any atom is 0.0933 e. The zero-order chi connectivity index (χ0) is 9.10. The van der Waals surface area contributed by atoms with Crippen LogP contribution in [0.25, 0.3) is 0 Å². The van der Waals surface area contributed by atoms with Gasteiger partial charge in [0.2, 0.25) is 0 Å². The van der Waals surface area contributed by atoms with E-state index in [-0.39, 0.29) is 0 Å². The molecule has 0 heterocycles. The van der Waals surface area contributed by atoms with Crippen LogP contribution < -0.4 is 0 Å². The molecule has 0 spiro atoms. The van der Waals surface area contributed by atoms with E-state index in [1.807, 2.05) is 0 Å². The SMILES string of the molecule is O[C]1CCC(C2CCCCC2)CC1. The summed E-state index contributed by atoms with van der Waals surface area (Å²) in [5.41, 5.74) is 0. The molecular weight excluding hydrogens is 160 g/mol. The second kappa shape index (κ2) is 4.45. The van der Waals surface area contributed by atoms with Crippen LogP contribution in [-0.2, 0) is 0 Å². The van der Waals surface area contributed by atoms with Crippen LogP contribution in [0.5, 0.6) is 0 Å². The van der Waals surface area contributed by atoms with E-state index in [0.29, 0.717) is 0 Å². The molecule has 2 aliphatic carbocycles. The van der Waals surface area contributed by atoms with Gasteiger partial charge in [0.25, 0.3) is 0 Å². The summed E-state index contributed by atoms with van der Waals surface area (Å²) in [6.07, 6.45) is 12.5. The monoisotopic (exact) mass is 181 g/mol. The first kappa shape index (κ1) is 9.51. The summed E-state index contributed by atoms with van der Waals surface area (Å²) in [7, 11) is 0. The number of hydrogen-bond donors (Lipinski definition) is 1. The highest BCUT2D eigenvalue weighted by Gasteiger charge is 2.27. The molecule has 0 atom stereocenters. The Labute approximate surface area is 81.5 Å². The normalized spacial score (nSPS) is 29.3. The van der Waals surface area contributed by atoms with Crippen molar-refractivity contribution in [2.24, 2.45) is 11.8 Å². The third-order valence-corrected chi connectivity index (χ3v) is 3.92. The fraction of sp³-hybridized carbons (Fsp3) is 0.917. The highest BCUT2D eigenvalue weighted by Crippen LogP contribution is 2.39. The predicted octanol–water partition coefficient (Wildman–Crippen LogP) is 3.66. The first-order valence-corrected chi connectivity index (χ1v) is 5.90. The molecule has 0 unspecified atom stereocenters. The fourth-order valence-corrected chi connectivity index (χ4v) is 3.05. The third kappa shape index (κ3) is 2.46. The van der Waals surface area contributed by atoms with Crippen LogP contribution in [0.2, 0.25) is 0 Å². The molecule has 75 valence electrons. The molecule has 1 heteroatoms. The molecule has 0 aromatic heterocycles. The Morgan fingerprint density at radius 3 is 1.92 bits per heavy atom. The van der Waals surface area contributed by atoms with Gasteiger partial charge in [-0.2, -0.15) is 0 Å². The van der Waals surface area contributed by atoms with Gasteiger partial charge in [-0.15, -0.1) is 0 Å². The van der Waals surface area contributed by atoms with Crippen LogP contribution in [0.3, 0.4) is 0 Å². The first-order chi connectivity index (χ1) is 6.36. The van der Waals surface area contributed by atoms with E-state index in [9.17, 15) is 5.11 Å². The quantitative estimate of drug-likeness (QED) is 0.654. The molecule has 2 saturated carbocycles. The van der Waals surface area contributed by atoms with E-state index in [1.54, 1.807) is 0 Å². The van der Waals surface area contributed by atoms with Crippen molar-refractivity contribution >= 4 is 0 Å². The average molecular weight is 181 g/mol. The van der Waals surface area contributed by atoms with E-state index in [4.69, 9.17) is 0 Å². The number of aliphatic hydroxyl groups excluding tert-OH is 1. The van der Waals surface area contributed by atoms with Gasteiger partial charge in [-0.1, -0.05) is 32.1 Å². The smallest absolute Gasteiger partial charge is 0.0933 e. The molecule has 0 saturated heterocycles. The standard InChI is InChI=1S/C12H21O/c13-12-8-6-11(7-9-12)10-4-2-1-3-5-10/h10-11,13H,1-9H2. The third-order valence-electron chi connectivity index (χ3n) is 3.92. The molecule has 1 radical (unpaired) electrons. The lowest BCUT2D eigenvalue weighted by atomic mass is 9.73. The molecule has 2 fully saturated rings. The van der Waals surface area contributed by atoms with Crippen molar-refractivity contribution in [1.82, 2.24) is 0 Å². The summed E-state index contributed by atoms with van der Waals surface area (Å²) in [6, 6.07) is 0. The minimum atomic E-state index is 0.757. The van der Waals surface area contributed by atoms with Crippen LogP contribution in [-0.4, -0.2) is 5.11 Å². The van der Waals surface area contributed by atoms with Crippen molar-refractivity contribution in [3.05, 3.63) is 6.10 Å². The Morgan fingerprint density at radius 1 is 0.769 bits per heavy atom. The Morgan fingerprint density at radius 2 is 1.31 bits per heavy atom. The second-order valence-corrected chi connectivity index (χ2v) is 4.80. The molecular formula is C12H21O. The van der Waals surface area contributed by atoms with E-state index in [1.165, 1.54) is 44.9 Å². The summed E-state index contributed by atoms with van der Waals surface area (Å²) >= 11 is 0. The molecule has 2 rings (SSSR count). The van der Waals surface area contributed by atoms with Gasteiger partial charge in [0, 0.05) is 0 Å². The lowest BCUT2D eigenvalue weighted by molar-refractivity contribution is 0.150. The Bertz CT molecular complexity index is 141. The highest BCUT2D eigenvalue weighted by molar-refractivity contribution is 4.87. The Kier molecular flexibility index (Phi) is 3.26. The largest absolute Gasteiger partial charge is 0.387 e. The van der Waals surface area contributed by atoms with Gasteiger partial charge in [-0.3, -0.25) is 0 Å². The van der Waals surface area contributed by atoms with E-state index >= 15 is 0 Å². The van der Waals surface area contributed by atoms with E-state index in [2.05, 4.69) is 0 Å². The fourth-order valence-electron chi connectivity index (χ4n) is 3.05. The number of hydrogen-bond acceptors (Lipinski definition) is 1. The average Bonchev–Trinajstić information content (AvgIpc) is 2.20. The van der Waals surface area contributed by atoms with Crippen LogP contribution in [0.15, 0.2) is 0 Å². The summed E-state index contributed by atoms with van der Waals surface area (Å²) in [4.78, 5) is 0. The zero-order valence-corrected chi connectivity index (χ0v) is 8.47. The van der Waals surface area contributed by atoms with Crippen LogP contribution in [0, 0.1) is 17.9 Å². The summed E-state index contributed by atoms with van der Waals surface area (Å²) < 4.78 is 0. The minimum Gasteiger partial charge on any atom is -0.387 e. The molecule has 0 aromatic carbocycles. The Balaban J connectivity index is 1.79. The van der Waals surface area contributed by atoms with Gasteiger partial charge in [0.05, 0.1) is 6.10 Å². The minimum absolute atomic E-state index is 0.757. The summed E-state index contributed by atoms with van der Waals surface area (Å²) in [6.45, 7) is 0. The molecule has 13 heavy (non-hydrogen) atoms. The molecule has 0 aromatic rings. The number of rotatable bonds is 1. The summed E-state index contributed by atoms with van der Waals surface area (Å²) in [5.74, 6) is 1.94. The van der Waals surface area contributed by atoms with Crippen molar-refractivity contribution in [3.8, 4) is 0 Å². The van der Waals surface area contributed by atoms with Gasteiger partial charge in [-0.05, 0) is 37.5 Å². The van der Waals surface area contributed by atoms with Gasteiger partial charge in [-0.25, -0.2) is 0 Å². The van der Waals surface area contributed by atoms with Crippen LogP contribution in [0.1, 0.15) is 57.8 Å². The first-order valence-electron chi connectivity index (χ1n) is 5.90. The topological polar surface area (TPSA) is 20.2 Å². The van der Waals surface area contributed by atoms with E-state index < -0.39 is 0 Å². The molecule has 0 aliphatic heterocycles. The lowest BCUT2D eigenvalue weighted by Gasteiger charge is -2.34. The lowest BCUT2D eigenvalue weighted by Crippen LogP contribution is -2.22. The van der Waals surface area contributed by atoms with Crippen molar-refractivity contribution in [2.45, 2.75) is 57.8 Å². The molecule has 1 nitrogen and oxygen atoms in total. The Hall–Kier alpha value is -0.0400. The maximum atomic E-state index is 9.34. The van der Waals surface area contributed by atoms with Crippen molar-refractivity contribution in [3.63, 3.8) is 0 Å². The van der Waals surface area contributed by atoms with Gasteiger partial charge < -0.3 is 5.11 Å². The van der Waals surface area contributed by atoms with Crippen LogP contribution >= 0.6 is 0 Å². The van der Waals surface area contributed by atoms with Crippen molar-refractivity contribution in [2.75, 3.05) is 0 Å². The molecule has 2 aliphatic rings. The van der Waals surface area contributed by atoms with Gasteiger partial charge >= 0.3 is 0 Å². The maximum absolute atomic E-state index is 9.34. The summed E-state index contributed by atoms with van der Waals surface area (Å²) in [5, 5.41) is 9.34. The van der Waals surface area contributed by atoms with Gasteiger partial charge in [0.15, 0.2) is 0 Å². The number of aliphatic hydroxyl groups is 1. The van der Waals surface area contributed by atoms with E-state index in [0.717, 1.165) is 30.8 Å². The van der Waals surface area contributed by atoms with Crippen LogP contribution in [0.4, 0.5) is 0 Å². The second-order valence-electron chi connectivity index (χ2n) is 4.80. The molecule has 0 amide bonds.